The summed E-state index contributed by atoms with van der Waals surface area (Å²) in [4.78, 5) is 22.3. The van der Waals surface area contributed by atoms with Gasteiger partial charge in [-0.15, -0.1) is 0 Å². The van der Waals surface area contributed by atoms with E-state index in [2.05, 4.69) is 4.74 Å². The summed E-state index contributed by atoms with van der Waals surface area (Å²) in [5.41, 5.74) is 2.80. The fourth-order valence-electron chi connectivity index (χ4n) is 1.81. The molecule has 0 unspecified atom stereocenters. The van der Waals surface area contributed by atoms with Gasteiger partial charge in [-0.1, -0.05) is 18.2 Å². The molecule has 0 saturated carbocycles. The molecule has 0 saturated heterocycles. The highest BCUT2D eigenvalue weighted by Crippen LogP contribution is 2.23. The molecule has 0 bridgehead atoms. The number of esters is 1. The number of hydrogen-bond acceptors (Lipinski definition) is 3. The highest BCUT2D eigenvalue weighted by Gasteiger charge is 2.18. The number of benzene rings is 1. The fraction of sp³-hybridized carbons (Fsp3) is 0.231. The number of rotatable bonds is 2. The SMILES string of the molecule is COC(=O)C=Cc1ccc2c(c1)CCC2=O. The molecule has 0 spiro atoms. The van der Waals surface area contributed by atoms with Crippen molar-refractivity contribution in [2.75, 3.05) is 7.11 Å². The molecule has 0 heterocycles. The second kappa shape index (κ2) is 4.31. The van der Waals surface area contributed by atoms with Crippen LogP contribution in [-0.2, 0) is 16.0 Å². The van der Waals surface area contributed by atoms with Gasteiger partial charge in [0.1, 0.15) is 0 Å². The number of methoxy groups -OCH3 is 1. The number of carbonyl (C=O) groups is 2. The molecule has 1 aromatic rings. The van der Waals surface area contributed by atoms with Crippen molar-refractivity contribution in [3.8, 4) is 0 Å². The largest absolute Gasteiger partial charge is 0.466 e. The first kappa shape index (κ1) is 10.6. The van der Waals surface area contributed by atoms with Crippen LogP contribution in [0.25, 0.3) is 6.08 Å². The van der Waals surface area contributed by atoms with E-state index in [1.807, 2.05) is 18.2 Å². The minimum Gasteiger partial charge on any atom is -0.466 e. The number of carbonyl (C=O) groups excluding carboxylic acids is 2. The van der Waals surface area contributed by atoms with Crippen LogP contribution in [0.4, 0.5) is 0 Å². The summed E-state index contributed by atoms with van der Waals surface area (Å²) in [5.74, 6) is -0.171. The van der Waals surface area contributed by atoms with Gasteiger partial charge in [0.25, 0.3) is 0 Å². The van der Waals surface area contributed by atoms with Gasteiger partial charge in [-0.05, 0) is 23.6 Å². The summed E-state index contributed by atoms with van der Waals surface area (Å²) < 4.78 is 4.50. The van der Waals surface area contributed by atoms with Crippen molar-refractivity contribution in [2.45, 2.75) is 12.8 Å². The highest BCUT2D eigenvalue weighted by molar-refractivity contribution is 6.00. The van der Waals surface area contributed by atoms with Crippen molar-refractivity contribution in [1.82, 2.24) is 0 Å². The fourth-order valence-corrected chi connectivity index (χ4v) is 1.81. The maximum absolute atomic E-state index is 11.4. The Bertz CT molecular complexity index is 472. The molecule has 82 valence electrons. The molecule has 3 nitrogen and oxygen atoms in total. The zero-order chi connectivity index (χ0) is 11.5. The minimum absolute atomic E-state index is 0.207. The van der Waals surface area contributed by atoms with Crippen molar-refractivity contribution in [3.05, 3.63) is 41.0 Å². The van der Waals surface area contributed by atoms with Crippen LogP contribution in [0.5, 0.6) is 0 Å². The Balaban J connectivity index is 2.23. The second-order valence-corrected chi connectivity index (χ2v) is 3.70. The Hall–Kier alpha value is -1.90. The second-order valence-electron chi connectivity index (χ2n) is 3.70. The van der Waals surface area contributed by atoms with Gasteiger partial charge in [0.05, 0.1) is 7.11 Å². The van der Waals surface area contributed by atoms with Gasteiger partial charge in [0.15, 0.2) is 5.78 Å². The van der Waals surface area contributed by atoms with Gasteiger partial charge in [0, 0.05) is 18.1 Å². The van der Waals surface area contributed by atoms with E-state index in [9.17, 15) is 9.59 Å². The first-order valence-electron chi connectivity index (χ1n) is 5.13. The van der Waals surface area contributed by atoms with Crippen LogP contribution in [0.1, 0.15) is 27.9 Å². The van der Waals surface area contributed by atoms with Crippen molar-refractivity contribution < 1.29 is 14.3 Å². The molecule has 0 radical (unpaired) electrons. The zero-order valence-corrected chi connectivity index (χ0v) is 9.03. The Kier molecular flexibility index (Phi) is 2.86. The predicted molar refractivity (Wildman–Crippen MR) is 60.1 cm³/mol. The summed E-state index contributed by atoms with van der Waals surface area (Å²) in [6, 6.07) is 5.60. The lowest BCUT2D eigenvalue weighted by molar-refractivity contribution is -0.134. The average molecular weight is 216 g/mol. The van der Waals surface area contributed by atoms with E-state index in [1.165, 1.54) is 13.2 Å². The lowest BCUT2D eigenvalue weighted by Gasteiger charge is -1.99. The van der Waals surface area contributed by atoms with Crippen molar-refractivity contribution in [3.63, 3.8) is 0 Å². The average Bonchev–Trinajstić information content (AvgIpc) is 2.67. The van der Waals surface area contributed by atoms with Gasteiger partial charge >= 0.3 is 5.97 Å². The molecule has 2 rings (SSSR count). The topological polar surface area (TPSA) is 43.4 Å². The number of hydrogen-bond donors (Lipinski definition) is 0. The highest BCUT2D eigenvalue weighted by atomic mass is 16.5. The Morgan fingerprint density at radius 3 is 2.94 bits per heavy atom. The van der Waals surface area contributed by atoms with Gasteiger partial charge < -0.3 is 4.74 Å². The first-order valence-corrected chi connectivity index (χ1v) is 5.13. The van der Waals surface area contributed by atoms with Gasteiger partial charge in [-0.25, -0.2) is 4.79 Å². The van der Waals surface area contributed by atoms with Crippen molar-refractivity contribution in [1.29, 1.82) is 0 Å². The van der Waals surface area contributed by atoms with E-state index in [0.717, 1.165) is 23.1 Å². The standard InChI is InChI=1S/C13H12O3/c1-16-13(15)7-3-9-2-5-11-10(8-9)4-6-12(11)14/h2-3,5,7-8H,4,6H2,1H3. The molecule has 1 aromatic carbocycles. The van der Waals surface area contributed by atoms with E-state index in [-0.39, 0.29) is 11.8 Å². The summed E-state index contributed by atoms with van der Waals surface area (Å²) in [7, 11) is 1.34. The van der Waals surface area contributed by atoms with E-state index in [0.29, 0.717) is 6.42 Å². The van der Waals surface area contributed by atoms with E-state index in [1.54, 1.807) is 6.08 Å². The molecule has 1 aliphatic carbocycles. The van der Waals surface area contributed by atoms with Gasteiger partial charge in [0.2, 0.25) is 0 Å². The van der Waals surface area contributed by atoms with Crippen molar-refractivity contribution in [2.24, 2.45) is 0 Å². The zero-order valence-electron chi connectivity index (χ0n) is 9.03. The molecule has 3 heteroatoms. The minimum atomic E-state index is -0.378. The molecule has 0 aromatic heterocycles. The van der Waals surface area contributed by atoms with Gasteiger partial charge in [-0.2, -0.15) is 0 Å². The predicted octanol–water partition coefficient (Wildman–Crippen LogP) is 2.00. The van der Waals surface area contributed by atoms with Crippen LogP contribution in [0, 0.1) is 0 Å². The molecule has 0 amide bonds. The Morgan fingerprint density at radius 1 is 1.38 bits per heavy atom. The summed E-state index contributed by atoms with van der Waals surface area (Å²) in [6.07, 6.45) is 4.46. The Labute approximate surface area is 93.7 Å². The smallest absolute Gasteiger partial charge is 0.330 e. The summed E-state index contributed by atoms with van der Waals surface area (Å²) in [5, 5.41) is 0. The third-order valence-electron chi connectivity index (χ3n) is 2.66. The number of ketones is 1. The molecule has 16 heavy (non-hydrogen) atoms. The maximum Gasteiger partial charge on any atom is 0.330 e. The van der Waals surface area contributed by atoms with Crippen molar-refractivity contribution >= 4 is 17.8 Å². The number of ether oxygens (including phenoxy) is 1. The molecule has 0 aliphatic heterocycles. The third kappa shape index (κ3) is 2.03. The molecular weight excluding hydrogens is 204 g/mol. The molecule has 0 N–H and O–H groups in total. The van der Waals surface area contributed by atoms with E-state index >= 15 is 0 Å². The van der Waals surface area contributed by atoms with Crippen LogP contribution >= 0.6 is 0 Å². The monoisotopic (exact) mass is 216 g/mol. The summed E-state index contributed by atoms with van der Waals surface area (Å²) in [6.45, 7) is 0. The third-order valence-corrected chi connectivity index (χ3v) is 2.66. The van der Waals surface area contributed by atoms with Gasteiger partial charge in [-0.3, -0.25) is 4.79 Å². The van der Waals surface area contributed by atoms with E-state index < -0.39 is 0 Å². The van der Waals surface area contributed by atoms with Crippen LogP contribution in [0.3, 0.4) is 0 Å². The molecule has 0 atom stereocenters. The first-order chi connectivity index (χ1) is 7.70. The van der Waals surface area contributed by atoms with Crippen LogP contribution in [0.2, 0.25) is 0 Å². The number of aryl methyl sites for hydroxylation is 1. The normalized spacial score (nSPS) is 14.2. The summed E-state index contributed by atoms with van der Waals surface area (Å²) >= 11 is 0. The molecular formula is C13H12O3. The van der Waals surface area contributed by atoms with Crippen LogP contribution in [0.15, 0.2) is 24.3 Å². The van der Waals surface area contributed by atoms with Crippen LogP contribution < -0.4 is 0 Å². The lowest BCUT2D eigenvalue weighted by atomic mass is 10.1. The number of Topliss-reactive ketones (excluding diaryl/α,β-unsaturated/α-hetero) is 1. The Morgan fingerprint density at radius 2 is 2.19 bits per heavy atom. The quantitative estimate of drug-likeness (QED) is 0.561. The molecule has 0 fully saturated rings. The van der Waals surface area contributed by atoms with E-state index in [4.69, 9.17) is 0 Å². The molecule has 1 aliphatic rings. The van der Waals surface area contributed by atoms with Crippen LogP contribution in [-0.4, -0.2) is 18.9 Å². The number of fused-ring (bicyclic) bond motifs is 1. The maximum atomic E-state index is 11.4. The lowest BCUT2D eigenvalue weighted by Crippen LogP contribution is -1.94.